The fraction of sp³-hybridized carbons (Fsp3) is 0.455. The van der Waals surface area contributed by atoms with Crippen LogP contribution < -0.4 is 5.73 Å². The van der Waals surface area contributed by atoms with Crippen molar-refractivity contribution >= 4 is 0 Å². The molecule has 2 rings (SSSR count). The van der Waals surface area contributed by atoms with Gasteiger partial charge in [-0.15, -0.1) is 0 Å². The van der Waals surface area contributed by atoms with Crippen LogP contribution in [0.2, 0.25) is 0 Å². The Balaban J connectivity index is 1.80. The van der Waals surface area contributed by atoms with Gasteiger partial charge in [-0.25, -0.2) is 0 Å². The second kappa shape index (κ2) is 3.28. The van der Waals surface area contributed by atoms with Crippen molar-refractivity contribution in [1.82, 2.24) is 0 Å². The summed E-state index contributed by atoms with van der Waals surface area (Å²) in [6.07, 6.45) is 3.71. The van der Waals surface area contributed by atoms with Gasteiger partial charge in [-0.3, -0.25) is 0 Å². The molecule has 0 heterocycles. The molecule has 0 aliphatic heterocycles. The van der Waals surface area contributed by atoms with Crippen LogP contribution in [-0.4, -0.2) is 6.04 Å². The zero-order chi connectivity index (χ0) is 8.39. The quantitative estimate of drug-likeness (QED) is 0.720. The van der Waals surface area contributed by atoms with Crippen LogP contribution in [-0.2, 0) is 6.42 Å². The fourth-order valence-electron chi connectivity index (χ4n) is 1.60. The Bertz CT molecular complexity index is 242. The van der Waals surface area contributed by atoms with Crippen LogP contribution in [0.15, 0.2) is 30.3 Å². The van der Waals surface area contributed by atoms with E-state index in [9.17, 15) is 0 Å². The topological polar surface area (TPSA) is 26.0 Å². The number of aryl methyl sites for hydroxylation is 1. The molecular weight excluding hydrogens is 146 g/mol. The van der Waals surface area contributed by atoms with Gasteiger partial charge in [0.25, 0.3) is 0 Å². The third-order valence-electron chi connectivity index (χ3n) is 2.62. The predicted octanol–water partition coefficient (Wildman–Crippen LogP) is 1.97. The van der Waals surface area contributed by atoms with Crippen LogP contribution in [0.4, 0.5) is 0 Å². The molecule has 1 heteroatoms. The van der Waals surface area contributed by atoms with Crippen molar-refractivity contribution in [2.75, 3.05) is 0 Å². The number of hydrogen-bond acceptors (Lipinski definition) is 1. The number of benzene rings is 1. The molecule has 2 atom stereocenters. The lowest BCUT2D eigenvalue weighted by atomic mass is 10.1. The normalized spacial score (nSPS) is 27.1. The van der Waals surface area contributed by atoms with E-state index >= 15 is 0 Å². The van der Waals surface area contributed by atoms with Gasteiger partial charge in [-0.1, -0.05) is 30.3 Å². The van der Waals surface area contributed by atoms with Crippen molar-refractivity contribution in [3.63, 3.8) is 0 Å². The van der Waals surface area contributed by atoms with E-state index in [4.69, 9.17) is 5.73 Å². The summed E-state index contributed by atoms with van der Waals surface area (Å²) in [4.78, 5) is 0. The van der Waals surface area contributed by atoms with E-state index in [1.54, 1.807) is 0 Å². The molecule has 0 radical (unpaired) electrons. The fourth-order valence-corrected chi connectivity index (χ4v) is 1.60. The molecule has 64 valence electrons. The molecule has 0 aromatic heterocycles. The molecule has 1 aromatic rings. The highest BCUT2D eigenvalue weighted by Crippen LogP contribution is 2.32. The molecule has 1 aliphatic carbocycles. The summed E-state index contributed by atoms with van der Waals surface area (Å²) in [5.41, 5.74) is 7.17. The van der Waals surface area contributed by atoms with E-state index in [0.717, 1.165) is 5.92 Å². The summed E-state index contributed by atoms with van der Waals surface area (Å²) >= 11 is 0. The molecular formula is C11H15N. The molecule has 0 amide bonds. The lowest BCUT2D eigenvalue weighted by Gasteiger charge is -1.98. The Morgan fingerprint density at radius 1 is 1.25 bits per heavy atom. The smallest absolute Gasteiger partial charge is 0.00710 e. The SMILES string of the molecule is NC1CC1CCc1ccccc1. The predicted molar refractivity (Wildman–Crippen MR) is 50.8 cm³/mol. The first-order valence-electron chi connectivity index (χ1n) is 4.66. The summed E-state index contributed by atoms with van der Waals surface area (Å²) in [5, 5.41) is 0. The molecule has 0 bridgehead atoms. The van der Waals surface area contributed by atoms with Crippen LogP contribution in [0, 0.1) is 5.92 Å². The first-order chi connectivity index (χ1) is 5.86. The molecule has 0 saturated heterocycles. The summed E-state index contributed by atoms with van der Waals surface area (Å²) in [6, 6.07) is 11.1. The van der Waals surface area contributed by atoms with E-state index in [1.807, 2.05) is 0 Å². The van der Waals surface area contributed by atoms with Crippen LogP contribution in [0.25, 0.3) is 0 Å². The van der Waals surface area contributed by atoms with Crippen LogP contribution in [0.5, 0.6) is 0 Å². The van der Waals surface area contributed by atoms with E-state index < -0.39 is 0 Å². The minimum absolute atomic E-state index is 0.508. The number of nitrogens with two attached hydrogens (primary N) is 1. The van der Waals surface area contributed by atoms with E-state index in [0.29, 0.717) is 6.04 Å². The van der Waals surface area contributed by atoms with Crippen molar-refractivity contribution in [1.29, 1.82) is 0 Å². The summed E-state index contributed by atoms with van der Waals surface area (Å²) in [7, 11) is 0. The van der Waals surface area contributed by atoms with Gasteiger partial charge in [0.1, 0.15) is 0 Å². The first-order valence-corrected chi connectivity index (χ1v) is 4.66. The minimum Gasteiger partial charge on any atom is -0.327 e. The van der Waals surface area contributed by atoms with E-state index in [-0.39, 0.29) is 0 Å². The second-order valence-corrected chi connectivity index (χ2v) is 3.68. The Kier molecular flexibility index (Phi) is 2.13. The van der Waals surface area contributed by atoms with Gasteiger partial charge in [0, 0.05) is 6.04 Å². The number of rotatable bonds is 3. The van der Waals surface area contributed by atoms with Gasteiger partial charge in [-0.05, 0) is 30.7 Å². The monoisotopic (exact) mass is 161 g/mol. The van der Waals surface area contributed by atoms with Crippen molar-refractivity contribution in [3.8, 4) is 0 Å². The summed E-state index contributed by atoms with van der Waals surface area (Å²) < 4.78 is 0. The van der Waals surface area contributed by atoms with Gasteiger partial charge < -0.3 is 5.73 Å². The third-order valence-corrected chi connectivity index (χ3v) is 2.62. The molecule has 0 spiro atoms. The Morgan fingerprint density at radius 3 is 2.50 bits per heavy atom. The average molecular weight is 161 g/mol. The largest absolute Gasteiger partial charge is 0.327 e. The van der Waals surface area contributed by atoms with Crippen LogP contribution in [0.3, 0.4) is 0 Å². The molecule has 1 saturated carbocycles. The van der Waals surface area contributed by atoms with Crippen molar-refractivity contribution < 1.29 is 0 Å². The Labute approximate surface area is 73.6 Å². The highest BCUT2D eigenvalue weighted by atomic mass is 14.7. The maximum absolute atomic E-state index is 5.73. The molecule has 2 unspecified atom stereocenters. The van der Waals surface area contributed by atoms with Crippen LogP contribution in [0.1, 0.15) is 18.4 Å². The average Bonchev–Trinajstić information content (AvgIpc) is 2.81. The third kappa shape index (κ3) is 1.86. The molecule has 2 N–H and O–H groups in total. The standard InChI is InChI=1S/C11H15N/c12-11-8-10(11)7-6-9-4-2-1-3-5-9/h1-5,10-11H,6-8,12H2. The lowest BCUT2D eigenvalue weighted by molar-refractivity contribution is 0.699. The Hall–Kier alpha value is -0.820. The van der Waals surface area contributed by atoms with E-state index in [1.165, 1.54) is 24.8 Å². The lowest BCUT2D eigenvalue weighted by Crippen LogP contribution is -2.02. The van der Waals surface area contributed by atoms with Crippen molar-refractivity contribution in [2.24, 2.45) is 11.7 Å². The van der Waals surface area contributed by atoms with E-state index in [2.05, 4.69) is 30.3 Å². The first kappa shape index (κ1) is 7.81. The van der Waals surface area contributed by atoms with Gasteiger partial charge in [-0.2, -0.15) is 0 Å². The molecule has 1 nitrogen and oxygen atoms in total. The molecule has 1 aliphatic rings. The van der Waals surface area contributed by atoms with Crippen molar-refractivity contribution in [3.05, 3.63) is 35.9 Å². The highest BCUT2D eigenvalue weighted by Gasteiger charge is 2.32. The molecule has 1 aromatic carbocycles. The van der Waals surface area contributed by atoms with Gasteiger partial charge in [0.05, 0.1) is 0 Å². The Morgan fingerprint density at radius 2 is 1.92 bits per heavy atom. The van der Waals surface area contributed by atoms with Crippen LogP contribution >= 0.6 is 0 Å². The zero-order valence-corrected chi connectivity index (χ0v) is 7.24. The highest BCUT2D eigenvalue weighted by molar-refractivity contribution is 5.15. The summed E-state index contributed by atoms with van der Waals surface area (Å²) in [5.74, 6) is 0.810. The molecule has 12 heavy (non-hydrogen) atoms. The van der Waals surface area contributed by atoms with Gasteiger partial charge in [0.2, 0.25) is 0 Å². The minimum atomic E-state index is 0.508. The summed E-state index contributed by atoms with van der Waals surface area (Å²) in [6.45, 7) is 0. The van der Waals surface area contributed by atoms with Crippen molar-refractivity contribution in [2.45, 2.75) is 25.3 Å². The maximum atomic E-state index is 5.73. The number of hydrogen-bond donors (Lipinski definition) is 1. The van der Waals surface area contributed by atoms with Gasteiger partial charge in [0.15, 0.2) is 0 Å². The van der Waals surface area contributed by atoms with Gasteiger partial charge >= 0.3 is 0 Å². The second-order valence-electron chi connectivity index (χ2n) is 3.68. The molecule has 1 fully saturated rings. The maximum Gasteiger partial charge on any atom is 0.00710 e. The zero-order valence-electron chi connectivity index (χ0n) is 7.24.